The third-order valence-electron chi connectivity index (χ3n) is 4.88. The van der Waals surface area contributed by atoms with Crippen molar-refractivity contribution in [1.82, 2.24) is 5.32 Å². The van der Waals surface area contributed by atoms with Crippen LogP contribution in [0.3, 0.4) is 0 Å². The van der Waals surface area contributed by atoms with Gasteiger partial charge in [0.05, 0.1) is 12.0 Å². The Morgan fingerprint density at radius 2 is 1.93 bits per heavy atom. The van der Waals surface area contributed by atoms with Gasteiger partial charge in [-0.05, 0) is 54.8 Å². The summed E-state index contributed by atoms with van der Waals surface area (Å²) in [6.45, 7) is 1.89. The largest absolute Gasteiger partial charge is 0.492 e. The summed E-state index contributed by atoms with van der Waals surface area (Å²) in [4.78, 5) is 24.5. The van der Waals surface area contributed by atoms with Crippen LogP contribution < -0.4 is 19.5 Å². The topological polar surface area (TPSA) is 83.1 Å². The van der Waals surface area contributed by atoms with Crippen LogP contribution in [0.2, 0.25) is 5.02 Å². The first-order valence-corrected chi connectivity index (χ1v) is 9.64. The van der Waals surface area contributed by atoms with Crippen LogP contribution in [0.1, 0.15) is 24.1 Å². The van der Waals surface area contributed by atoms with E-state index in [-0.39, 0.29) is 32.0 Å². The van der Waals surface area contributed by atoms with Gasteiger partial charge in [-0.1, -0.05) is 17.7 Å². The van der Waals surface area contributed by atoms with Gasteiger partial charge in [-0.2, -0.15) is 0 Å². The molecule has 0 unspecified atom stereocenters. The van der Waals surface area contributed by atoms with Crippen LogP contribution >= 0.6 is 11.6 Å². The Kier molecular flexibility index (Phi) is 5.49. The fraction of sp³-hybridized carbons (Fsp3) is 0.333. The number of fused-ring (bicyclic) bond motifs is 2. The number of halogens is 1. The molecule has 0 aromatic heterocycles. The highest BCUT2D eigenvalue weighted by Gasteiger charge is 2.28. The minimum atomic E-state index is -0.472. The molecule has 2 aromatic carbocycles. The van der Waals surface area contributed by atoms with Gasteiger partial charge in [-0.25, -0.2) is 0 Å². The summed E-state index contributed by atoms with van der Waals surface area (Å²) in [5, 5.41) is 3.39. The minimum Gasteiger partial charge on any atom is -0.492 e. The average molecular weight is 418 g/mol. The number of carbonyl (C=O) groups excluding carboxylic acids is 2. The highest BCUT2D eigenvalue weighted by Crippen LogP contribution is 2.34. The minimum absolute atomic E-state index is 0.192. The Labute approximate surface area is 172 Å². The monoisotopic (exact) mass is 417 g/mol. The van der Waals surface area contributed by atoms with Crippen molar-refractivity contribution in [2.75, 3.05) is 20.0 Å². The van der Waals surface area contributed by atoms with Gasteiger partial charge in [-0.3, -0.25) is 9.59 Å². The summed E-state index contributed by atoms with van der Waals surface area (Å²) in [7, 11) is 0. The Bertz CT molecular complexity index is 947. The van der Waals surface area contributed by atoms with Crippen LogP contribution in [0, 0.1) is 5.92 Å². The molecule has 1 amide bonds. The molecule has 0 bridgehead atoms. The van der Waals surface area contributed by atoms with Crippen LogP contribution in [0.25, 0.3) is 0 Å². The second kappa shape index (κ2) is 8.21. The summed E-state index contributed by atoms with van der Waals surface area (Å²) < 4.78 is 21.4. The normalized spacial score (nSPS) is 17.7. The second-order valence-electron chi connectivity index (χ2n) is 6.97. The number of nitrogens with one attached hydrogen (secondary N) is 1. The first-order valence-electron chi connectivity index (χ1n) is 9.26. The molecule has 29 heavy (non-hydrogen) atoms. The molecule has 0 radical (unpaired) electrons. The van der Waals surface area contributed by atoms with Crippen molar-refractivity contribution >= 4 is 23.5 Å². The number of benzene rings is 2. The van der Waals surface area contributed by atoms with E-state index in [0.717, 1.165) is 11.1 Å². The zero-order valence-corrected chi connectivity index (χ0v) is 16.5. The lowest BCUT2D eigenvalue weighted by Crippen LogP contribution is -2.34. The summed E-state index contributed by atoms with van der Waals surface area (Å²) in [6.07, 6.45) is 0.462. The van der Waals surface area contributed by atoms with Crippen molar-refractivity contribution < 1.29 is 28.5 Å². The van der Waals surface area contributed by atoms with Gasteiger partial charge < -0.3 is 24.3 Å². The molecule has 2 aromatic rings. The third-order valence-corrected chi connectivity index (χ3v) is 5.12. The van der Waals surface area contributed by atoms with Crippen molar-refractivity contribution in [1.29, 1.82) is 0 Å². The average Bonchev–Trinajstić information content (AvgIpc) is 3.19. The maximum atomic E-state index is 12.3. The van der Waals surface area contributed by atoms with Crippen LogP contribution in [0.4, 0.5) is 0 Å². The van der Waals surface area contributed by atoms with Crippen LogP contribution in [0.15, 0.2) is 36.4 Å². The van der Waals surface area contributed by atoms with E-state index in [4.69, 9.17) is 30.5 Å². The molecule has 1 N–H and O–H groups in total. The first-order chi connectivity index (χ1) is 14.0. The van der Waals surface area contributed by atoms with E-state index >= 15 is 0 Å². The number of amides is 1. The lowest BCUT2D eigenvalue weighted by Gasteiger charge is -2.24. The van der Waals surface area contributed by atoms with Gasteiger partial charge in [0.25, 0.3) is 5.91 Å². The smallest absolute Gasteiger partial charge is 0.313 e. The van der Waals surface area contributed by atoms with Crippen LogP contribution in [-0.4, -0.2) is 31.9 Å². The molecule has 4 rings (SSSR count). The molecule has 0 saturated carbocycles. The molecule has 0 aliphatic carbocycles. The molecule has 0 fully saturated rings. The summed E-state index contributed by atoms with van der Waals surface area (Å²) >= 11 is 6.00. The number of ether oxygens (including phenoxy) is 4. The fourth-order valence-corrected chi connectivity index (χ4v) is 3.51. The summed E-state index contributed by atoms with van der Waals surface area (Å²) in [5.74, 6) is 0.713. The van der Waals surface area contributed by atoms with Crippen molar-refractivity contribution in [3.8, 4) is 17.2 Å². The quantitative estimate of drug-likeness (QED) is 0.753. The SMILES string of the molecule is C[C@@H](NC(=O)COC(=O)[C@@H]1COc2ccc(Cl)cc2C1)c1ccc2c(c1)OCO2. The second-order valence-corrected chi connectivity index (χ2v) is 7.41. The molecule has 152 valence electrons. The maximum Gasteiger partial charge on any atom is 0.313 e. The Morgan fingerprint density at radius 1 is 1.14 bits per heavy atom. The zero-order chi connectivity index (χ0) is 20.4. The molecule has 0 spiro atoms. The summed E-state index contributed by atoms with van der Waals surface area (Å²) in [6, 6.07) is 10.5. The van der Waals surface area contributed by atoms with Crippen molar-refractivity contribution in [3.05, 3.63) is 52.5 Å². The van der Waals surface area contributed by atoms with Crippen molar-refractivity contribution in [3.63, 3.8) is 0 Å². The van der Waals surface area contributed by atoms with Gasteiger partial charge in [0, 0.05) is 5.02 Å². The van der Waals surface area contributed by atoms with Gasteiger partial charge in [-0.15, -0.1) is 0 Å². The molecule has 8 heteroatoms. The van der Waals surface area contributed by atoms with Crippen molar-refractivity contribution in [2.45, 2.75) is 19.4 Å². The van der Waals surface area contributed by atoms with Crippen LogP contribution in [-0.2, 0) is 20.7 Å². The lowest BCUT2D eigenvalue weighted by molar-refractivity contribution is -0.154. The molecule has 2 heterocycles. The molecule has 2 aliphatic heterocycles. The third kappa shape index (κ3) is 4.40. The number of carbonyl (C=O) groups is 2. The summed E-state index contributed by atoms with van der Waals surface area (Å²) in [5.41, 5.74) is 1.72. The number of hydrogen-bond donors (Lipinski definition) is 1. The molecule has 7 nitrogen and oxygen atoms in total. The van der Waals surface area contributed by atoms with E-state index in [2.05, 4.69) is 5.32 Å². The molecular formula is C21H20ClNO6. The number of esters is 1. The molecule has 2 aliphatic rings. The van der Waals surface area contributed by atoms with E-state index in [0.29, 0.717) is 28.7 Å². The first kappa shape index (κ1) is 19.4. The van der Waals surface area contributed by atoms with E-state index in [9.17, 15) is 9.59 Å². The van der Waals surface area contributed by atoms with Crippen molar-refractivity contribution in [2.24, 2.45) is 5.92 Å². The molecular weight excluding hydrogens is 398 g/mol. The fourth-order valence-electron chi connectivity index (χ4n) is 3.32. The number of rotatable bonds is 5. The van der Waals surface area contributed by atoms with Crippen LogP contribution in [0.5, 0.6) is 17.2 Å². The van der Waals surface area contributed by atoms with Gasteiger partial charge in [0.15, 0.2) is 18.1 Å². The van der Waals surface area contributed by atoms with E-state index in [1.165, 1.54) is 0 Å². The van der Waals surface area contributed by atoms with Gasteiger partial charge in [0.1, 0.15) is 12.4 Å². The Hall–Kier alpha value is -2.93. The highest BCUT2D eigenvalue weighted by atomic mass is 35.5. The van der Waals surface area contributed by atoms with E-state index < -0.39 is 11.9 Å². The maximum absolute atomic E-state index is 12.3. The standard InChI is InChI=1S/C21H20ClNO6/c1-12(13-2-4-18-19(8-13)29-11-28-18)23-20(24)10-27-21(25)15-6-14-7-16(22)3-5-17(14)26-9-15/h2-5,7-8,12,15H,6,9-11H2,1H3,(H,23,24)/t12-,15+/m1/s1. The van der Waals surface area contributed by atoms with E-state index in [1.54, 1.807) is 24.3 Å². The Morgan fingerprint density at radius 3 is 2.79 bits per heavy atom. The number of hydrogen-bond acceptors (Lipinski definition) is 6. The lowest BCUT2D eigenvalue weighted by atomic mass is 9.97. The zero-order valence-electron chi connectivity index (χ0n) is 15.8. The van der Waals surface area contributed by atoms with E-state index in [1.807, 2.05) is 19.1 Å². The van der Waals surface area contributed by atoms with Gasteiger partial charge in [0.2, 0.25) is 6.79 Å². The predicted octanol–water partition coefficient (Wildman–Crippen LogP) is 3.04. The molecule has 2 atom stereocenters. The highest BCUT2D eigenvalue weighted by molar-refractivity contribution is 6.30. The predicted molar refractivity (Wildman–Crippen MR) is 104 cm³/mol. The molecule has 0 saturated heterocycles. The Balaban J connectivity index is 1.27. The van der Waals surface area contributed by atoms with Gasteiger partial charge >= 0.3 is 5.97 Å².